The van der Waals surface area contributed by atoms with E-state index in [1.165, 1.54) is 6.42 Å². The van der Waals surface area contributed by atoms with Crippen LogP contribution < -0.4 is 10.6 Å². The molecule has 0 radical (unpaired) electrons. The first kappa shape index (κ1) is 14.2. The Kier molecular flexibility index (Phi) is 3.93. The van der Waals surface area contributed by atoms with Crippen molar-refractivity contribution >= 4 is 17.3 Å². The maximum Gasteiger partial charge on any atom is 0.0709 e. The second-order valence-electron chi connectivity index (χ2n) is 6.18. The van der Waals surface area contributed by atoms with Gasteiger partial charge in [-0.05, 0) is 31.4 Å². The molecule has 20 heavy (non-hydrogen) atoms. The van der Waals surface area contributed by atoms with Crippen LogP contribution in [0.2, 0.25) is 5.02 Å². The van der Waals surface area contributed by atoms with Crippen molar-refractivity contribution in [1.82, 2.24) is 0 Å². The van der Waals surface area contributed by atoms with Crippen LogP contribution in [0.15, 0.2) is 18.2 Å². The molecular weight excluding hydrogens is 272 g/mol. The van der Waals surface area contributed by atoms with Crippen molar-refractivity contribution in [3.05, 3.63) is 28.8 Å². The fourth-order valence-electron chi connectivity index (χ4n) is 3.84. The second kappa shape index (κ2) is 5.55. The summed E-state index contributed by atoms with van der Waals surface area (Å²) in [5.41, 5.74) is 7.59. The molecule has 1 aliphatic carbocycles. The molecule has 1 aromatic carbocycles. The van der Waals surface area contributed by atoms with Gasteiger partial charge in [0.1, 0.15) is 0 Å². The third-order valence-electron chi connectivity index (χ3n) is 5.07. The summed E-state index contributed by atoms with van der Waals surface area (Å²) in [6.45, 7) is 2.27. The lowest BCUT2D eigenvalue weighted by Gasteiger charge is -2.48. The smallest absolute Gasteiger partial charge is 0.0709 e. The predicted molar refractivity (Wildman–Crippen MR) is 83.1 cm³/mol. The molecule has 3 N–H and O–H groups in total. The molecule has 1 aliphatic heterocycles. The predicted octanol–water partition coefficient (Wildman–Crippen LogP) is 2.93. The molecule has 4 heteroatoms. The monoisotopic (exact) mass is 294 g/mol. The van der Waals surface area contributed by atoms with E-state index >= 15 is 0 Å². The van der Waals surface area contributed by atoms with Gasteiger partial charge >= 0.3 is 0 Å². The van der Waals surface area contributed by atoms with Crippen molar-refractivity contribution in [2.75, 3.05) is 18.0 Å². The Morgan fingerprint density at radius 3 is 3.00 bits per heavy atom. The number of halogens is 1. The summed E-state index contributed by atoms with van der Waals surface area (Å²) in [4.78, 5) is 2.36. The molecule has 1 saturated heterocycles. The first-order chi connectivity index (χ1) is 9.64. The van der Waals surface area contributed by atoms with Gasteiger partial charge in [0.2, 0.25) is 0 Å². The number of fused-ring (bicyclic) bond motifs is 1. The Hall–Kier alpha value is -0.770. The lowest BCUT2D eigenvalue weighted by molar-refractivity contribution is -0.0612. The lowest BCUT2D eigenvalue weighted by Crippen LogP contribution is -2.53. The van der Waals surface area contributed by atoms with E-state index in [0.717, 1.165) is 55.0 Å². The van der Waals surface area contributed by atoms with Gasteiger partial charge in [0.15, 0.2) is 0 Å². The third-order valence-corrected chi connectivity index (χ3v) is 5.42. The van der Waals surface area contributed by atoms with Gasteiger partial charge in [-0.3, -0.25) is 0 Å². The summed E-state index contributed by atoms with van der Waals surface area (Å²) in [6.07, 6.45) is 5.35. The Balaban J connectivity index is 1.84. The van der Waals surface area contributed by atoms with Crippen LogP contribution in [0.3, 0.4) is 0 Å². The van der Waals surface area contributed by atoms with Gasteiger partial charge in [-0.25, -0.2) is 0 Å². The highest BCUT2D eigenvalue weighted by molar-refractivity contribution is 6.31. The molecule has 0 bridgehead atoms. The highest BCUT2D eigenvalue weighted by Gasteiger charge is 2.42. The highest BCUT2D eigenvalue weighted by Crippen LogP contribution is 2.41. The first-order valence-electron chi connectivity index (χ1n) is 7.59. The number of aliphatic hydroxyl groups is 1. The summed E-state index contributed by atoms with van der Waals surface area (Å²) in [5.74, 6) is 0.384. The molecule has 1 saturated carbocycles. The zero-order valence-electron chi connectivity index (χ0n) is 11.8. The number of nitrogens with zero attached hydrogens (tertiary/aromatic N) is 1. The molecule has 0 spiro atoms. The van der Waals surface area contributed by atoms with E-state index in [4.69, 9.17) is 17.3 Å². The lowest BCUT2D eigenvalue weighted by atomic mass is 9.71. The minimum absolute atomic E-state index is 0.384. The van der Waals surface area contributed by atoms with Crippen LogP contribution >= 0.6 is 11.6 Å². The second-order valence-corrected chi connectivity index (χ2v) is 6.59. The summed E-state index contributed by atoms with van der Waals surface area (Å²) in [7, 11) is 0. The Labute approximate surface area is 125 Å². The van der Waals surface area contributed by atoms with E-state index in [-0.39, 0.29) is 0 Å². The van der Waals surface area contributed by atoms with Crippen molar-refractivity contribution in [2.24, 2.45) is 11.7 Å². The molecule has 3 rings (SSSR count). The maximum atomic E-state index is 10.8. The molecule has 2 aliphatic rings. The summed E-state index contributed by atoms with van der Waals surface area (Å²) < 4.78 is 0. The van der Waals surface area contributed by atoms with Gasteiger partial charge in [0.05, 0.1) is 5.60 Å². The van der Waals surface area contributed by atoms with E-state index in [1.54, 1.807) is 0 Å². The van der Waals surface area contributed by atoms with Crippen LogP contribution in [-0.4, -0.2) is 23.8 Å². The van der Waals surface area contributed by atoms with Crippen molar-refractivity contribution in [2.45, 2.75) is 44.2 Å². The van der Waals surface area contributed by atoms with Crippen LogP contribution in [-0.2, 0) is 6.54 Å². The zero-order valence-corrected chi connectivity index (χ0v) is 12.6. The average molecular weight is 295 g/mol. The first-order valence-corrected chi connectivity index (χ1v) is 7.96. The summed E-state index contributed by atoms with van der Waals surface area (Å²) in [6, 6.07) is 5.98. The molecule has 0 aromatic heterocycles. The number of rotatable bonds is 2. The van der Waals surface area contributed by atoms with Gasteiger partial charge in [-0.15, -0.1) is 0 Å². The Morgan fingerprint density at radius 1 is 1.35 bits per heavy atom. The average Bonchev–Trinajstić information content (AvgIpc) is 2.46. The summed E-state index contributed by atoms with van der Waals surface area (Å²) in [5, 5.41) is 11.5. The fourth-order valence-corrected chi connectivity index (χ4v) is 4.08. The number of piperidine rings is 1. The maximum absolute atomic E-state index is 10.8. The molecular formula is C16H23ClN2O. The standard InChI is InChI=1S/C16H23ClN2O/c17-14-5-3-6-15(13(14)10-18)19-9-8-16(20)7-2-1-4-12(16)11-19/h3,5-6,12,20H,1-2,4,7-11,18H2. The molecule has 1 heterocycles. The van der Waals surface area contributed by atoms with Gasteiger partial charge in [-0.1, -0.05) is 30.5 Å². The minimum atomic E-state index is -0.434. The molecule has 2 atom stereocenters. The van der Waals surface area contributed by atoms with E-state index in [9.17, 15) is 5.11 Å². The molecule has 3 nitrogen and oxygen atoms in total. The van der Waals surface area contributed by atoms with Crippen LogP contribution in [0.25, 0.3) is 0 Å². The molecule has 2 fully saturated rings. The van der Waals surface area contributed by atoms with Crippen LogP contribution in [0.1, 0.15) is 37.7 Å². The molecule has 0 amide bonds. The highest BCUT2D eigenvalue weighted by atomic mass is 35.5. The number of hydrogen-bond donors (Lipinski definition) is 2. The number of benzene rings is 1. The van der Waals surface area contributed by atoms with Crippen LogP contribution in [0.4, 0.5) is 5.69 Å². The van der Waals surface area contributed by atoms with Gasteiger partial charge in [0.25, 0.3) is 0 Å². The SMILES string of the molecule is NCc1c(Cl)cccc1N1CCC2(O)CCCCC2C1. The van der Waals surface area contributed by atoms with Crippen LogP contribution in [0.5, 0.6) is 0 Å². The van der Waals surface area contributed by atoms with Gasteiger partial charge in [-0.2, -0.15) is 0 Å². The Bertz CT molecular complexity index is 493. The van der Waals surface area contributed by atoms with Crippen molar-refractivity contribution in [3.63, 3.8) is 0 Å². The van der Waals surface area contributed by atoms with Gasteiger partial charge < -0.3 is 15.7 Å². The van der Waals surface area contributed by atoms with Crippen molar-refractivity contribution < 1.29 is 5.11 Å². The molecule has 2 unspecified atom stereocenters. The van der Waals surface area contributed by atoms with Crippen LogP contribution in [0, 0.1) is 5.92 Å². The largest absolute Gasteiger partial charge is 0.389 e. The minimum Gasteiger partial charge on any atom is -0.389 e. The summed E-state index contributed by atoms with van der Waals surface area (Å²) >= 11 is 6.26. The number of nitrogens with two attached hydrogens (primary N) is 1. The zero-order chi connectivity index (χ0) is 14.2. The van der Waals surface area contributed by atoms with E-state index < -0.39 is 5.60 Å². The van der Waals surface area contributed by atoms with E-state index in [2.05, 4.69) is 11.0 Å². The quantitative estimate of drug-likeness (QED) is 0.882. The third kappa shape index (κ3) is 2.43. The Morgan fingerprint density at radius 2 is 2.20 bits per heavy atom. The number of anilines is 1. The van der Waals surface area contributed by atoms with Gasteiger partial charge in [0, 0.05) is 41.8 Å². The van der Waals surface area contributed by atoms with Crippen molar-refractivity contribution in [1.29, 1.82) is 0 Å². The normalized spacial score (nSPS) is 30.1. The topological polar surface area (TPSA) is 49.5 Å². The fraction of sp³-hybridized carbons (Fsp3) is 0.625. The van der Waals surface area contributed by atoms with E-state index in [0.29, 0.717) is 12.5 Å². The number of hydrogen-bond acceptors (Lipinski definition) is 3. The van der Waals surface area contributed by atoms with E-state index in [1.807, 2.05) is 12.1 Å². The van der Waals surface area contributed by atoms with Crippen molar-refractivity contribution in [3.8, 4) is 0 Å². The molecule has 1 aromatic rings. The molecule has 110 valence electrons.